The quantitative estimate of drug-likeness (QED) is 0.915. The molecule has 1 heterocycles. The van der Waals surface area contributed by atoms with Gasteiger partial charge in [0.1, 0.15) is 0 Å². The van der Waals surface area contributed by atoms with Gasteiger partial charge in [-0.3, -0.25) is 0 Å². The highest BCUT2D eigenvalue weighted by atomic mass is 15.0. The van der Waals surface area contributed by atoms with Crippen LogP contribution in [0.15, 0.2) is 18.5 Å². The fourth-order valence-corrected chi connectivity index (χ4v) is 2.82. The zero-order valence-corrected chi connectivity index (χ0v) is 12.3. The third kappa shape index (κ3) is 2.87. The van der Waals surface area contributed by atoms with Crippen molar-refractivity contribution < 1.29 is 0 Å². The van der Waals surface area contributed by atoms with Crippen LogP contribution in [0.3, 0.4) is 0 Å². The van der Waals surface area contributed by atoms with Gasteiger partial charge in [-0.1, -0.05) is 17.7 Å². The van der Waals surface area contributed by atoms with Crippen LogP contribution >= 0.6 is 0 Å². The number of benzene rings is 1. The minimum atomic E-state index is 0.553. The van der Waals surface area contributed by atoms with Crippen LogP contribution in [0, 0.1) is 20.8 Å². The molecule has 0 atom stereocenters. The summed E-state index contributed by atoms with van der Waals surface area (Å²) in [5, 5.41) is 0. The lowest BCUT2D eigenvalue weighted by atomic mass is 9.95. The topological polar surface area (TPSA) is 43.8 Å². The minimum absolute atomic E-state index is 0.553. The molecule has 0 aliphatic carbocycles. The number of nitrogens with two attached hydrogens (primary N) is 1. The smallest absolute Gasteiger partial charge is 0.0949 e. The Kier molecular flexibility index (Phi) is 4.05. The van der Waals surface area contributed by atoms with Gasteiger partial charge in [0, 0.05) is 13.6 Å². The van der Waals surface area contributed by atoms with Gasteiger partial charge in [-0.25, -0.2) is 4.98 Å². The van der Waals surface area contributed by atoms with Crippen LogP contribution in [0.5, 0.6) is 0 Å². The van der Waals surface area contributed by atoms with Crippen molar-refractivity contribution in [1.82, 2.24) is 9.55 Å². The summed E-state index contributed by atoms with van der Waals surface area (Å²) in [4.78, 5) is 4.46. The van der Waals surface area contributed by atoms with Crippen LogP contribution in [0.25, 0.3) is 0 Å². The number of rotatable bonds is 4. The highest BCUT2D eigenvalue weighted by molar-refractivity contribution is 5.38. The fourth-order valence-electron chi connectivity index (χ4n) is 2.82. The van der Waals surface area contributed by atoms with Gasteiger partial charge in [-0.05, 0) is 50.3 Å². The Hall–Kier alpha value is -1.61. The summed E-state index contributed by atoms with van der Waals surface area (Å²) < 4.78 is 2.02. The van der Waals surface area contributed by atoms with E-state index in [1.54, 1.807) is 0 Å². The Morgan fingerprint density at radius 1 is 1.11 bits per heavy atom. The van der Waals surface area contributed by atoms with Crippen molar-refractivity contribution >= 4 is 0 Å². The predicted octanol–water partition coefficient (Wildman–Crippen LogP) is 2.59. The number of imidazole rings is 1. The molecule has 2 N–H and O–H groups in total. The van der Waals surface area contributed by atoms with Crippen molar-refractivity contribution in [1.29, 1.82) is 0 Å². The molecular formula is C16H23N3. The Morgan fingerprint density at radius 3 is 2.32 bits per heavy atom. The maximum atomic E-state index is 5.78. The summed E-state index contributed by atoms with van der Waals surface area (Å²) in [6.45, 7) is 7.09. The van der Waals surface area contributed by atoms with Gasteiger partial charge in [0.05, 0.1) is 17.7 Å². The molecule has 0 bridgehead atoms. The standard InChI is InChI=1S/C16H23N3/c1-11-7-12(2)14(13(3)8-11)5-6-15-16(9-17)19(4)10-18-15/h7-8,10H,5-6,9,17H2,1-4H3. The Balaban J connectivity index is 2.19. The van der Waals surface area contributed by atoms with E-state index in [4.69, 9.17) is 5.73 Å². The lowest BCUT2D eigenvalue weighted by molar-refractivity contribution is 0.800. The lowest BCUT2D eigenvalue weighted by Crippen LogP contribution is -2.07. The molecular weight excluding hydrogens is 234 g/mol. The Labute approximate surface area is 115 Å². The van der Waals surface area contributed by atoms with Crippen molar-refractivity contribution in [3.05, 3.63) is 52.1 Å². The van der Waals surface area contributed by atoms with Crippen LogP contribution in [-0.2, 0) is 26.4 Å². The molecule has 2 rings (SSSR count). The van der Waals surface area contributed by atoms with E-state index < -0.39 is 0 Å². The first-order valence-corrected chi connectivity index (χ1v) is 6.78. The first-order chi connectivity index (χ1) is 9.02. The highest BCUT2D eigenvalue weighted by Gasteiger charge is 2.09. The monoisotopic (exact) mass is 257 g/mol. The van der Waals surface area contributed by atoms with E-state index in [0.29, 0.717) is 6.54 Å². The average molecular weight is 257 g/mol. The maximum absolute atomic E-state index is 5.78. The first-order valence-electron chi connectivity index (χ1n) is 6.78. The van der Waals surface area contributed by atoms with Gasteiger partial charge >= 0.3 is 0 Å². The van der Waals surface area contributed by atoms with Crippen molar-refractivity contribution in [2.45, 2.75) is 40.2 Å². The van der Waals surface area contributed by atoms with Crippen LogP contribution in [0.1, 0.15) is 33.6 Å². The van der Waals surface area contributed by atoms with Crippen LogP contribution < -0.4 is 5.73 Å². The average Bonchev–Trinajstić information content (AvgIpc) is 2.68. The van der Waals surface area contributed by atoms with Crippen molar-refractivity contribution in [2.75, 3.05) is 0 Å². The lowest BCUT2D eigenvalue weighted by Gasteiger charge is -2.11. The molecule has 3 nitrogen and oxygen atoms in total. The molecule has 1 aromatic carbocycles. The van der Waals surface area contributed by atoms with Gasteiger partial charge in [0.15, 0.2) is 0 Å². The maximum Gasteiger partial charge on any atom is 0.0949 e. The van der Waals surface area contributed by atoms with Crippen molar-refractivity contribution in [3.8, 4) is 0 Å². The Bertz CT molecular complexity index is 559. The summed E-state index contributed by atoms with van der Waals surface area (Å²) >= 11 is 0. The number of hydrogen-bond donors (Lipinski definition) is 1. The summed E-state index contributed by atoms with van der Waals surface area (Å²) in [6, 6.07) is 4.51. The zero-order valence-electron chi connectivity index (χ0n) is 12.3. The second-order valence-electron chi connectivity index (χ2n) is 5.33. The number of hydrogen-bond acceptors (Lipinski definition) is 2. The van der Waals surface area contributed by atoms with Crippen LogP contribution in [0.2, 0.25) is 0 Å². The molecule has 3 heteroatoms. The second kappa shape index (κ2) is 5.57. The number of aryl methyl sites for hydroxylation is 5. The minimum Gasteiger partial charge on any atom is -0.336 e. The van der Waals surface area contributed by atoms with Gasteiger partial charge in [0.25, 0.3) is 0 Å². The van der Waals surface area contributed by atoms with E-state index in [9.17, 15) is 0 Å². The summed E-state index contributed by atoms with van der Waals surface area (Å²) in [5.41, 5.74) is 13.6. The molecule has 2 aromatic rings. The van der Waals surface area contributed by atoms with E-state index in [1.165, 1.54) is 22.3 Å². The molecule has 0 saturated heterocycles. The number of nitrogens with zero attached hydrogens (tertiary/aromatic N) is 2. The molecule has 19 heavy (non-hydrogen) atoms. The zero-order chi connectivity index (χ0) is 14.0. The second-order valence-corrected chi connectivity index (χ2v) is 5.33. The highest BCUT2D eigenvalue weighted by Crippen LogP contribution is 2.19. The molecule has 0 amide bonds. The molecule has 1 aromatic heterocycles. The normalized spacial score (nSPS) is 11.0. The van der Waals surface area contributed by atoms with Gasteiger partial charge in [-0.2, -0.15) is 0 Å². The first kappa shape index (κ1) is 13.8. The van der Waals surface area contributed by atoms with Gasteiger partial charge in [-0.15, -0.1) is 0 Å². The summed E-state index contributed by atoms with van der Waals surface area (Å²) in [6.07, 6.45) is 3.84. The third-order valence-corrected chi connectivity index (χ3v) is 3.79. The predicted molar refractivity (Wildman–Crippen MR) is 79.2 cm³/mol. The van der Waals surface area contributed by atoms with E-state index in [1.807, 2.05) is 17.9 Å². The molecule has 102 valence electrons. The fraction of sp³-hybridized carbons (Fsp3) is 0.438. The molecule has 0 unspecified atom stereocenters. The third-order valence-electron chi connectivity index (χ3n) is 3.79. The van der Waals surface area contributed by atoms with Crippen molar-refractivity contribution in [2.24, 2.45) is 12.8 Å². The molecule has 0 aliphatic rings. The van der Waals surface area contributed by atoms with E-state index >= 15 is 0 Å². The van der Waals surface area contributed by atoms with E-state index in [0.717, 1.165) is 24.2 Å². The van der Waals surface area contributed by atoms with E-state index in [2.05, 4.69) is 37.9 Å². The van der Waals surface area contributed by atoms with E-state index in [-0.39, 0.29) is 0 Å². The molecule has 0 fully saturated rings. The Morgan fingerprint density at radius 2 is 1.74 bits per heavy atom. The summed E-state index contributed by atoms with van der Waals surface area (Å²) in [5.74, 6) is 0. The van der Waals surface area contributed by atoms with Gasteiger partial charge in [0.2, 0.25) is 0 Å². The summed E-state index contributed by atoms with van der Waals surface area (Å²) in [7, 11) is 2.00. The molecule has 0 spiro atoms. The largest absolute Gasteiger partial charge is 0.336 e. The van der Waals surface area contributed by atoms with Crippen LogP contribution in [0.4, 0.5) is 0 Å². The molecule has 0 aliphatic heterocycles. The van der Waals surface area contributed by atoms with Crippen molar-refractivity contribution in [3.63, 3.8) is 0 Å². The molecule has 0 radical (unpaired) electrons. The van der Waals surface area contributed by atoms with Gasteiger partial charge < -0.3 is 10.3 Å². The number of aromatic nitrogens is 2. The molecule has 0 saturated carbocycles. The SMILES string of the molecule is Cc1cc(C)c(CCc2ncn(C)c2CN)c(C)c1. The van der Waals surface area contributed by atoms with Crippen LogP contribution in [-0.4, -0.2) is 9.55 Å².